The summed E-state index contributed by atoms with van der Waals surface area (Å²) in [7, 11) is -4.04. The van der Waals surface area contributed by atoms with Crippen molar-refractivity contribution in [1.29, 1.82) is 0 Å². The number of aromatic carboxylic acids is 1. The van der Waals surface area contributed by atoms with Gasteiger partial charge in [0.15, 0.2) is 0 Å². The topological polar surface area (TPSA) is 112 Å². The Bertz CT molecular complexity index is 890. The minimum Gasteiger partial charge on any atom is -0.477 e. The summed E-state index contributed by atoms with van der Waals surface area (Å²) in [5.41, 5.74) is 0.342. The van der Waals surface area contributed by atoms with Crippen molar-refractivity contribution in [2.75, 3.05) is 35.9 Å². The Morgan fingerprint density at radius 1 is 1.24 bits per heavy atom. The third-order valence-corrected chi connectivity index (χ3v) is 5.07. The number of anilines is 2. The predicted molar refractivity (Wildman–Crippen MR) is 88.0 cm³/mol. The van der Waals surface area contributed by atoms with Crippen LogP contribution in [-0.2, 0) is 14.8 Å². The summed E-state index contributed by atoms with van der Waals surface area (Å²) in [6.45, 7) is 2.18. The van der Waals surface area contributed by atoms with Crippen LogP contribution in [0.25, 0.3) is 0 Å². The molecule has 134 valence electrons. The number of sulfonamides is 1. The van der Waals surface area contributed by atoms with Crippen molar-refractivity contribution in [3.8, 4) is 0 Å². The predicted octanol–water partition coefficient (Wildman–Crippen LogP) is 1.49. The first-order valence-electron chi connectivity index (χ1n) is 7.43. The number of aromatic nitrogens is 1. The molecule has 1 saturated heterocycles. The molecule has 10 heteroatoms. The van der Waals surface area contributed by atoms with E-state index in [0.29, 0.717) is 32.0 Å². The first-order chi connectivity index (χ1) is 11.8. The fourth-order valence-corrected chi connectivity index (χ4v) is 3.54. The molecule has 0 spiro atoms. The van der Waals surface area contributed by atoms with Gasteiger partial charge in [-0.1, -0.05) is 0 Å². The lowest BCUT2D eigenvalue weighted by Crippen LogP contribution is -2.36. The van der Waals surface area contributed by atoms with Gasteiger partial charge in [0.1, 0.15) is 16.4 Å². The molecule has 0 radical (unpaired) electrons. The number of hydrogen-bond donors (Lipinski definition) is 3. The SMILES string of the molecule is O=C(O)c1cc(S(=O)(=O)Nc2cc(F)cc(N3CCOCC3)c2)c[nH]1. The molecular formula is C15H16FN3O5S. The number of carboxylic acid groups (broad SMARTS) is 1. The molecule has 0 amide bonds. The minimum atomic E-state index is -4.04. The van der Waals surface area contributed by atoms with Gasteiger partial charge >= 0.3 is 5.97 Å². The number of carbonyl (C=O) groups is 1. The van der Waals surface area contributed by atoms with Crippen LogP contribution < -0.4 is 9.62 Å². The monoisotopic (exact) mass is 369 g/mol. The van der Waals surface area contributed by atoms with Crippen molar-refractivity contribution in [2.45, 2.75) is 4.90 Å². The number of H-pyrrole nitrogens is 1. The van der Waals surface area contributed by atoms with Gasteiger partial charge in [0.25, 0.3) is 10.0 Å². The lowest BCUT2D eigenvalue weighted by Gasteiger charge is -2.29. The van der Waals surface area contributed by atoms with E-state index in [-0.39, 0.29) is 16.3 Å². The van der Waals surface area contributed by atoms with Crippen molar-refractivity contribution in [3.05, 3.63) is 42.0 Å². The Balaban J connectivity index is 1.85. The molecule has 1 aliphatic heterocycles. The first kappa shape index (κ1) is 17.2. The number of rotatable bonds is 5. The van der Waals surface area contributed by atoms with Crippen LogP contribution in [0, 0.1) is 5.82 Å². The Morgan fingerprint density at radius 2 is 1.96 bits per heavy atom. The molecule has 0 unspecified atom stereocenters. The molecule has 2 aromatic rings. The number of ether oxygens (including phenoxy) is 1. The molecule has 2 heterocycles. The van der Waals surface area contributed by atoms with Gasteiger partial charge in [-0.2, -0.15) is 0 Å². The maximum absolute atomic E-state index is 13.9. The molecule has 0 saturated carbocycles. The van der Waals surface area contributed by atoms with Gasteiger partial charge in [-0.05, 0) is 24.3 Å². The van der Waals surface area contributed by atoms with Crippen LogP contribution in [0.15, 0.2) is 35.4 Å². The van der Waals surface area contributed by atoms with Crippen LogP contribution in [0.1, 0.15) is 10.5 Å². The van der Waals surface area contributed by atoms with E-state index in [1.54, 1.807) is 0 Å². The number of nitrogens with one attached hydrogen (secondary N) is 2. The molecule has 25 heavy (non-hydrogen) atoms. The number of morpholine rings is 1. The number of benzene rings is 1. The summed E-state index contributed by atoms with van der Waals surface area (Å²) in [6, 6.07) is 4.90. The highest BCUT2D eigenvalue weighted by molar-refractivity contribution is 7.92. The number of nitrogens with zero attached hydrogens (tertiary/aromatic N) is 1. The van der Waals surface area contributed by atoms with E-state index < -0.39 is 21.8 Å². The van der Waals surface area contributed by atoms with E-state index in [2.05, 4.69) is 9.71 Å². The van der Waals surface area contributed by atoms with Gasteiger partial charge < -0.3 is 19.7 Å². The van der Waals surface area contributed by atoms with Crippen LogP contribution in [0.3, 0.4) is 0 Å². The smallest absolute Gasteiger partial charge is 0.352 e. The highest BCUT2D eigenvalue weighted by Crippen LogP contribution is 2.25. The van der Waals surface area contributed by atoms with Crippen LogP contribution in [0.5, 0.6) is 0 Å². The first-order valence-corrected chi connectivity index (χ1v) is 8.91. The van der Waals surface area contributed by atoms with Gasteiger partial charge in [0.2, 0.25) is 0 Å². The van der Waals surface area contributed by atoms with Gasteiger partial charge in [-0.3, -0.25) is 4.72 Å². The van der Waals surface area contributed by atoms with Crippen LogP contribution in [0.4, 0.5) is 15.8 Å². The van der Waals surface area contributed by atoms with Crippen LogP contribution in [0.2, 0.25) is 0 Å². The molecule has 3 rings (SSSR count). The van der Waals surface area contributed by atoms with E-state index in [4.69, 9.17) is 9.84 Å². The van der Waals surface area contributed by atoms with Crippen molar-refractivity contribution in [1.82, 2.24) is 4.98 Å². The van der Waals surface area contributed by atoms with E-state index in [1.165, 1.54) is 12.1 Å². The number of aromatic amines is 1. The Kier molecular flexibility index (Phi) is 4.64. The van der Waals surface area contributed by atoms with Gasteiger partial charge in [-0.25, -0.2) is 17.6 Å². The molecule has 1 fully saturated rings. The van der Waals surface area contributed by atoms with Gasteiger partial charge in [0.05, 0.1) is 18.9 Å². The zero-order chi connectivity index (χ0) is 18.0. The number of halogens is 1. The largest absolute Gasteiger partial charge is 0.477 e. The zero-order valence-electron chi connectivity index (χ0n) is 13.0. The van der Waals surface area contributed by atoms with Gasteiger partial charge in [-0.15, -0.1) is 0 Å². The van der Waals surface area contributed by atoms with E-state index in [1.807, 2.05) is 4.90 Å². The summed E-state index contributed by atoms with van der Waals surface area (Å²) in [5, 5.41) is 8.86. The molecule has 0 aliphatic carbocycles. The fraction of sp³-hybridized carbons (Fsp3) is 0.267. The lowest BCUT2D eigenvalue weighted by molar-refractivity contribution is 0.0691. The molecule has 1 aromatic carbocycles. The standard InChI is InChI=1S/C15H16FN3O5S/c16-10-5-11(7-12(6-10)19-1-3-24-4-2-19)18-25(22,23)13-8-14(15(20)21)17-9-13/h5-9,17-18H,1-4H2,(H,20,21). The normalized spacial score (nSPS) is 15.2. The van der Waals surface area contributed by atoms with Crippen molar-refractivity contribution >= 4 is 27.4 Å². The molecule has 1 aromatic heterocycles. The Morgan fingerprint density at radius 3 is 2.60 bits per heavy atom. The van der Waals surface area contributed by atoms with E-state index in [0.717, 1.165) is 18.3 Å². The number of hydrogen-bond acceptors (Lipinski definition) is 5. The summed E-state index contributed by atoms with van der Waals surface area (Å²) in [5.74, 6) is -1.86. The van der Waals surface area contributed by atoms with Crippen LogP contribution >= 0.6 is 0 Å². The quantitative estimate of drug-likeness (QED) is 0.736. The summed E-state index contributed by atoms with van der Waals surface area (Å²) in [6.07, 6.45) is 1.06. The van der Waals surface area contributed by atoms with Crippen LogP contribution in [-0.4, -0.2) is 50.8 Å². The van der Waals surface area contributed by atoms with Gasteiger partial charge in [0, 0.05) is 25.0 Å². The Hall–Kier alpha value is -2.59. The van der Waals surface area contributed by atoms with Crippen molar-refractivity contribution in [2.24, 2.45) is 0 Å². The van der Waals surface area contributed by atoms with E-state index in [9.17, 15) is 17.6 Å². The highest BCUT2D eigenvalue weighted by Gasteiger charge is 2.20. The molecule has 8 nitrogen and oxygen atoms in total. The Labute approximate surface area is 143 Å². The van der Waals surface area contributed by atoms with Crippen molar-refractivity contribution < 1.29 is 27.4 Å². The second-order valence-electron chi connectivity index (χ2n) is 5.46. The summed E-state index contributed by atoms with van der Waals surface area (Å²) >= 11 is 0. The molecular weight excluding hydrogens is 353 g/mol. The third-order valence-electron chi connectivity index (χ3n) is 3.71. The fourth-order valence-electron chi connectivity index (χ4n) is 2.50. The maximum atomic E-state index is 13.9. The minimum absolute atomic E-state index is 0.0552. The average molecular weight is 369 g/mol. The molecule has 0 bridgehead atoms. The lowest BCUT2D eigenvalue weighted by atomic mass is 10.2. The second kappa shape index (κ2) is 6.73. The summed E-state index contributed by atoms with van der Waals surface area (Å²) in [4.78, 5) is 14.9. The number of carboxylic acids is 1. The molecule has 0 atom stereocenters. The second-order valence-corrected chi connectivity index (χ2v) is 7.14. The average Bonchev–Trinajstić information content (AvgIpc) is 3.06. The third kappa shape index (κ3) is 3.91. The van der Waals surface area contributed by atoms with E-state index >= 15 is 0 Å². The zero-order valence-corrected chi connectivity index (χ0v) is 13.8. The molecule has 1 aliphatic rings. The highest BCUT2D eigenvalue weighted by atomic mass is 32.2. The molecule has 3 N–H and O–H groups in total. The van der Waals surface area contributed by atoms with Crippen molar-refractivity contribution in [3.63, 3.8) is 0 Å². The maximum Gasteiger partial charge on any atom is 0.352 e. The summed E-state index contributed by atoms with van der Waals surface area (Å²) < 4.78 is 46.1.